The average Bonchev–Trinajstić information content (AvgIpc) is 1.55. The van der Waals surface area contributed by atoms with Gasteiger partial charge >= 0.3 is 0 Å². The number of rotatable bonds is 12. The van der Waals surface area contributed by atoms with Gasteiger partial charge in [-0.05, 0) is 158 Å². The Morgan fingerprint density at radius 1 is 0.265 bits per heavy atom. The Morgan fingerprint density at radius 2 is 0.636 bits per heavy atom. The molecule has 0 saturated carbocycles. The lowest BCUT2D eigenvalue weighted by molar-refractivity contribution is -0.666. The Morgan fingerprint density at radius 3 is 1.13 bits per heavy atom. The van der Waals surface area contributed by atoms with E-state index < -0.39 is 23.6 Å². The lowest BCUT2D eigenvalue weighted by atomic mass is 9.91. The molecule has 0 aliphatic carbocycles. The minimum Gasteiger partial charge on any atom is -0.466 e. The van der Waals surface area contributed by atoms with Gasteiger partial charge in [0.1, 0.15) is 72.9 Å². The van der Waals surface area contributed by atoms with Crippen molar-refractivity contribution in [1.29, 1.82) is 0 Å². The molecule has 648 valence electrons. The van der Waals surface area contributed by atoms with Crippen LogP contribution in [-0.2, 0) is 28.2 Å². The Hall–Kier alpha value is -15.6. The topological polar surface area (TPSA) is 85.5 Å². The summed E-state index contributed by atoms with van der Waals surface area (Å²) >= 11 is 0. The summed E-state index contributed by atoms with van der Waals surface area (Å²) in [4.78, 5) is 15.2. The van der Waals surface area contributed by atoms with Crippen molar-refractivity contribution in [2.24, 2.45) is 28.2 Å². The summed E-state index contributed by atoms with van der Waals surface area (Å²) in [5, 5.41) is 7.57. The van der Waals surface area contributed by atoms with Crippen LogP contribution in [0.15, 0.2) is 285 Å². The first kappa shape index (κ1) is 80.9. The van der Waals surface area contributed by atoms with Crippen LogP contribution in [0.4, 0.5) is 22.7 Å². The number of hydrogen-bond donors (Lipinski definition) is 0. The van der Waals surface area contributed by atoms with Crippen LogP contribution in [0.25, 0.3) is 197 Å². The van der Waals surface area contributed by atoms with E-state index >= 15 is 0 Å². The quantitative estimate of drug-likeness (QED) is 0.0901. The van der Waals surface area contributed by atoms with E-state index in [1.54, 1.807) is 19.9 Å². The second-order valence-corrected chi connectivity index (χ2v) is 35.3. The molecule has 0 fully saturated rings. The van der Waals surface area contributed by atoms with Crippen molar-refractivity contribution in [2.75, 3.05) is 0 Å². The van der Waals surface area contributed by atoms with Gasteiger partial charge in [-0.25, -0.2) is 19.4 Å². The molecule has 0 amide bonds. The fraction of sp³-hybridized carbons (Fsp3) is 0.200. The van der Waals surface area contributed by atoms with Crippen molar-refractivity contribution in [2.45, 2.75) is 134 Å². The smallest absolute Gasteiger partial charge is 0.237 e. The number of hydrogen-bond acceptors (Lipinski definition) is 4. The molecule has 0 radical (unpaired) electrons. The van der Waals surface area contributed by atoms with Crippen LogP contribution in [0.5, 0.6) is 0 Å². The highest BCUT2D eigenvalue weighted by Gasteiger charge is 2.32. The van der Waals surface area contributed by atoms with Crippen molar-refractivity contribution >= 4 is 111 Å². The number of fused-ring (bicyclic) bond motifs is 12. The molecule has 0 spiro atoms. The summed E-state index contributed by atoms with van der Waals surface area (Å²) in [6, 6.07) is 85.7. The third kappa shape index (κ3) is 16.0. The lowest BCUT2D eigenvalue weighted by Crippen LogP contribution is -2.35. The molecular formula is C120H108N8O4+4. The maximum atomic E-state index is 9.10. The second-order valence-electron chi connectivity index (χ2n) is 35.3. The molecule has 0 aliphatic heterocycles. The number of aromatic nitrogens is 4. The van der Waals surface area contributed by atoms with Gasteiger partial charge in [-0.15, -0.1) is 0 Å². The molecule has 20 aromatic rings. The van der Waals surface area contributed by atoms with Gasteiger partial charge in [0, 0.05) is 125 Å². The number of para-hydroxylation sites is 1. The summed E-state index contributed by atoms with van der Waals surface area (Å²) in [6.07, 6.45) is 0. The summed E-state index contributed by atoms with van der Waals surface area (Å²) in [5.74, 6) is -3.28. The van der Waals surface area contributed by atoms with Crippen molar-refractivity contribution < 1.29 is 44.2 Å². The summed E-state index contributed by atoms with van der Waals surface area (Å²) in [7, 11) is 7.99. The molecule has 0 unspecified atom stereocenters. The molecule has 0 bridgehead atoms. The normalized spacial score (nSPS) is 12.4. The molecule has 12 aromatic carbocycles. The van der Waals surface area contributed by atoms with E-state index in [0.29, 0.717) is 67.6 Å². The highest BCUT2D eigenvalue weighted by Crippen LogP contribution is 2.51. The highest BCUT2D eigenvalue weighted by atomic mass is 16.3. The van der Waals surface area contributed by atoms with Crippen molar-refractivity contribution in [3.8, 4) is 89.5 Å². The van der Waals surface area contributed by atoms with Crippen molar-refractivity contribution in [3.05, 3.63) is 380 Å². The molecule has 8 aromatic heterocycles. The zero-order chi connectivity index (χ0) is 98.5. The van der Waals surface area contributed by atoms with Gasteiger partial charge in [0.15, 0.2) is 22.8 Å². The Labute approximate surface area is 781 Å². The monoisotopic (exact) mass is 1730 g/mol. The van der Waals surface area contributed by atoms with Crippen LogP contribution in [0, 0.1) is 81.7 Å². The summed E-state index contributed by atoms with van der Waals surface area (Å²) < 4.78 is 86.6. The van der Waals surface area contributed by atoms with Crippen LogP contribution >= 0.6 is 0 Å². The van der Waals surface area contributed by atoms with E-state index in [1.807, 2.05) is 221 Å². The van der Waals surface area contributed by atoms with Gasteiger partial charge in [-0.1, -0.05) is 256 Å². The molecule has 0 N–H and O–H groups in total. The fourth-order valence-electron chi connectivity index (χ4n) is 18.2. The SMILES string of the molecule is [2H]C(C)(C)c1cc(C)[n+](C)c(-c2c(C)cc(-c3ccccc3)c3c2oc2c([N+]#[C-])cccc23)c1.[2H]C(C)(C)c1cc(C)[n+](C)c(-c2c(C)ccc3c2oc2c([N+]#[C-])cc(-c4ccccc4)cc23)c1.[2H]C(C)(C)c1cc(C)[n+](C)c(-c2c(C)ccc3c2oc2c([N+]#[C-])ccc(-c4ccccc4)c23)c1.[2H]c1c(C([2H])(C)C)c([2H])c(-c2c(C)ccc3c2oc2c([N+]#[C-])c(-c4ccccc4)ccc23)[n+](C)c1C. The van der Waals surface area contributed by atoms with Crippen LogP contribution in [0.1, 0.15) is 154 Å². The van der Waals surface area contributed by atoms with E-state index in [4.69, 9.17) is 52.2 Å². The molecule has 0 saturated heterocycles. The fourth-order valence-corrected chi connectivity index (χ4v) is 18.2. The summed E-state index contributed by atoms with van der Waals surface area (Å²) in [6.45, 7) is 62.4. The van der Waals surface area contributed by atoms with E-state index in [-0.39, 0.29) is 12.1 Å². The van der Waals surface area contributed by atoms with Gasteiger partial charge < -0.3 is 17.7 Å². The number of pyridine rings is 4. The third-order valence-electron chi connectivity index (χ3n) is 25.9. The van der Waals surface area contributed by atoms with Crippen LogP contribution in [0.2, 0.25) is 0 Å². The molecule has 12 heteroatoms. The third-order valence-corrected chi connectivity index (χ3v) is 25.9. The van der Waals surface area contributed by atoms with Crippen LogP contribution in [0.3, 0.4) is 0 Å². The minimum absolute atomic E-state index is 0.152. The zero-order valence-electron chi connectivity index (χ0n) is 84.5. The first-order valence-corrected chi connectivity index (χ1v) is 44.4. The van der Waals surface area contributed by atoms with Crippen molar-refractivity contribution in [1.82, 2.24) is 0 Å². The maximum Gasteiger partial charge on any atom is 0.237 e. The van der Waals surface area contributed by atoms with Crippen LogP contribution in [-0.4, -0.2) is 0 Å². The van der Waals surface area contributed by atoms with Crippen LogP contribution < -0.4 is 18.3 Å². The van der Waals surface area contributed by atoms with Gasteiger partial charge in [0.2, 0.25) is 45.5 Å². The van der Waals surface area contributed by atoms with E-state index in [1.165, 1.54) is 0 Å². The van der Waals surface area contributed by atoms with Gasteiger partial charge in [0.25, 0.3) is 0 Å². The number of nitrogens with zero attached hydrogens (tertiary/aromatic N) is 8. The lowest BCUT2D eigenvalue weighted by Gasteiger charge is -2.13. The van der Waals surface area contributed by atoms with E-state index in [9.17, 15) is 0 Å². The molecule has 0 aliphatic rings. The molecule has 12 nitrogen and oxygen atoms in total. The first-order valence-electron chi connectivity index (χ1n) is 47.4. The summed E-state index contributed by atoms with van der Waals surface area (Å²) in [5.41, 5.74) is 34.2. The minimum atomic E-state index is -1.11. The number of benzene rings is 12. The highest BCUT2D eigenvalue weighted by molar-refractivity contribution is 6.21. The largest absolute Gasteiger partial charge is 0.466 e. The Balaban J connectivity index is 0.000000127. The second kappa shape index (κ2) is 36.1. The van der Waals surface area contributed by atoms with E-state index in [2.05, 4.69) is 191 Å². The molecular weight excluding hydrogens is 1620 g/mol. The average molecular weight is 1730 g/mol. The standard InChI is InChI=1S/4C30H27N2O/c1-18(2)22-16-20(4)32(6)26(17-22)27-19(3)15-24(21-11-8-7-9-12-21)28-23-13-10-14-25(31-5)29(23)33-30(27)28;1-18(2)22-14-20(4)32(6)27(17-22)28-19(3)12-13-24-25-15-23(21-10-8-7-9-11-21)16-26(31-5)29(25)33-30(24)28;1-18(2)22-16-20(4)32(6)26(17-22)27-19(3)12-13-24-28-23(21-10-8-7-9-11-21)14-15-25(31-5)30(28)33-29(24)27;1-18(2)22-16-20(4)32(6)26(17-22)27-19(3)12-13-24-25-15-14-23(21-10-8-7-9-11-21)28(31-5)30(25)33-29(24)27/h4*7-18H,1-4,6H3/q4*+1/i3*18D;16D,17D,18D. The van der Waals surface area contributed by atoms with Gasteiger partial charge in [-0.3, -0.25) is 0 Å². The first-order chi connectivity index (χ1) is 65.6. The van der Waals surface area contributed by atoms with Crippen molar-refractivity contribution in [3.63, 3.8) is 0 Å². The predicted molar refractivity (Wildman–Crippen MR) is 542 cm³/mol. The van der Waals surface area contributed by atoms with Gasteiger partial charge in [-0.2, -0.15) is 18.3 Å². The van der Waals surface area contributed by atoms with E-state index in [0.717, 1.165) is 200 Å². The molecule has 0 atom stereocenters. The molecule has 132 heavy (non-hydrogen) atoms. The molecule has 20 rings (SSSR count). The number of furan rings is 4. The Bertz CT molecular complexity index is 8570. The number of aryl methyl sites for hydroxylation is 7. The Kier molecular flexibility index (Phi) is 22.2. The maximum absolute atomic E-state index is 9.10. The molecule has 8 heterocycles. The predicted octanol–water partition coefficient (Wildman–Crippen LogP) is 32.1. The zero-order valence-corrected chi connectivity index (χ0v) is 78.5. The van der Waals surface area contributed by atoms with Gasteiger partial charge in [0.05, 0.1) is 51.3 Å².